The van der Waals surface area contributed by atoms with E-state index in [-0.39, 0.29) is 18.0 Å². The third kappa shape index (κ3) is 5.44. The number of rotatable bonds is 6. The van der Waals surface area contributed by atoms with Gasteiger partial charge in [-0.25, -0.2) is 0 Å². The summed E-state index contributed by atoms with van der Waals surface area (Å²) in [5, 5.41) is 3.10. The minimum absolute atomic E-state index is 0.141. The van der Waals surface area contributed by atoms with Crippen LogP contribution in [0.1, 0.15) is 42.3 Å². The highest BCUT2D eigenvalue weighted by molar-refractivity contribution is 5.80. The number of nitrogens with one attached hydrogen (secondary N) is 1. The summed E-state index contributed by atoms with van der Waals surface area (Å²) in [6, 6.07) is 8.84. The van der Waals surface area contributed by atoms with Gasteiger partial charge >= 0.3 is 6.01 Å². The lowest BCUT2D eigenvalue weighted by Gasteiger charge is -2.33. The predicted molar refractivity (Wildman–Crippen MR) is 114 cm³/mol. The molecule has 156 valence electrons. The molecule has 1 unspecified atom stereocenters. The number of hydrogen-bond acceptors (Lipinski definition) is 6. The summed E-state index contributed by atoms with van der Waals surface area (Å²) in [7, 11) is 0. The number of benzene rings is 1. The van der Waals surface area contributed by atoms with E-state index in [1.807, 2.05) is 0 Å². The van der Waals surface area contributed by atoms with Gasteiger partial charge in [0.05, 0.1) is 17.1 Å². The van der Waals surface area contributed by atoms with E-state index in [1.54, 1.807) is 20.8 Å². The topological polar surface area (TPSA) is 93.4 Å². The first-order valence-electron chi connectivity index (χ1n) is 10.2. The monoisotopic (exact) mass is 397 g/mol. The van der Waals surface area contributed by atoms with Crippen molar-refractivity contribution in [1.82, 2.24) is 20.2 Å². The lowest BCUT2D eigenvalue weighted by molar-refractivity contribution is -0.128. The number of anilines is 1. The van der Waals surface area contributed by atoms with Crippen molar-refractivity contribution in [3.8, 4) is 6.01 Å². The molecule has 0 aliphatic carbocycles. The minimum atomic E-state index is -0.664. The summed E-state index contributed by atoms with van der Waals surface area (Å²) in [4.78, 5) is 23.4. The molecule has 3 N–H and O–H groups in total. The summed E-state index contributed by atoms with van der Waals surface area (Å²) < 4.78 is 5.65. The molecule has 0 saturated carbocycles. The van der Waals surface area contributed by atoms with Crippen molar-refractivity contribution in [2.75, 3.05) is 18.8 Å². The van der Waals surface area contributed by atoms with E-state index >= 15 is 0 Å². The first-order chi connectivity index (χ1) is 13.8. The Hall–Kier alpha value is -2.67. The van der Waals surface area contributed by atoms with Crippen molar-refractivity contribution < 1.29 is 9.53 Å². The molecule has 1 aromatic heterocycles. The van der Waals surface area contributed by atoms with Crippen LogP contribution < -0.4 is 15.8 Å². The number of aromatic nitrogens is 2. The number of likely N-dealkylation sites (tertiary alicyclic amines) is 1. The lowest BCUT2D eigenvalue weighted by atomic mass is 10.0. The van der Waals surface area contributed by atoms with Crippen LogP contribution in [0.3, 0.4) is 0 Å². The fourth-order valence-electron chi connectivity index (χ4n) is 3.54. The maximum absolute atomic E-state index is 12.5. The number of carbonyl (C=O) groups is 1. The molecular formula is C22H31N5O2. The second-order valence-electron chi connectivity index (χ2n) is 7.84. The molecule has 2 aromatic rings. The highest BCUT2D eigenvalue weighted by atomic mass is 16.5. The number of nitrogen functional groups attached to an aromatic ring is 1. The Balaban J connectivity index is 1.47. The van der Waals surface area contributed by atoms with Crippen LogP contribution in [0.2, 0.25) is 0 Å². The zero-order valence-electron chi connectivity index (χ0n) is 17.7. The van der Waals surface area contributed by atoms with Crippen LogP contribution in [0, 0.1) is 20.8 Å². The Bertz CT molecular complexity index is 839. The molecule has 1 aliphatic heterocycles. The summed E-state index contributed by atoms with van der Waals surface area (Å²) in [5.74, 6) is -0.141. The Labute approximate surface area is 172 Å². The maximum Gasteiger partial charge on any atom is 0.317 e. The van der Waals surface area contributed by atoms with E-state index in [0.29, 0.717) is 17.1 Å². The third-order valence-corrected chi connectivity index (χ3v) is 5.55. The van der Waals surface area contributed by atoms with Gasteiger partial charge in [-0.15, -0.1) is 0 Å². The molecule has 1 atom stereocenters. The molecule has 0 radical (unpaired) electrons. The molecule has 1 amide bonds. The normalized spacial score (nSPS) is 16.4. The van der Waals surface area contributed by atoms with E-state index in [1.165, 1.54) is 11.1 Å². The molecule has 7 nitrogen and oxygen atoms in total. The molecular weight excluding hydrogens is 366 g/mol. The second-order valence-corrected chi connectivity index (χ2v) is 7.84. The SMILES string of the molecule is Cc1ccccc1CN1CCC(NC(=O)C(C)Oc2nc(C)c(N)c(C)n2)CC1. The van der Waals surface area contributed by atoms with Crippen molar-refractivity contribution in [2.45, 2.75) is 59.2 Å². The first-order valence-corrected chi connectivity index (χ1v) is 10.2. The van der Waals surface area contributed by atoms with E-state index in [0.717, 1.165) is 32.5 Å². The molecule has 3 rings (SSSR count). The van der Waals surface area contributed by atoms with Crippen molar-refractivity contribution >= 4 is 11.6 Å². The number of aryl methyl sites for hydroxylation is 3. The van der Waals surface area contributed by atoms with Gasteiger partial charge in [0.15, 0.2) is 6.10 Å². The van der Waals surface area contributed by atoms with Gasteiger partial charge in [0, 0.05) is 25.7 Å². The fourth-order valence-corrected chi connectivity index (χ4v) is 3.54. The van der Waals surface area contributed by atoms with Crippen molar-refractivity contribution in [3.05, 3.63) is 46.8 Å². The van der Waals surface area contributed by atoms with Crippen LogP contribution in [0.4, 0.5) is 5.69 Å². The van der Waals surface area contributed by atoms with E-state index < -0.39 is 6.10 Å². The smallest absolute Gasteiger partial charge is 0.317 e. The standard InChI is InChI=1S/C22H31N5O2/c1-14-7-5-6-8-18(14)13-27-11-9-19(10-12-27)26-21(28)17(4)29-22-24-15(2)20(23)16(3)25-22/h5-8,17,19H,9-13,23H2,1-4H3,(H,26,28). The van der Waals surface area contributed by atoms with Crippen molar-refractivity contribution in [2.24, 2.45) is 0 Å². The molecule has 7 heteroatoms. The van der Waals surface area contributed by atoms with Crippen LogP contribution in [0.5, 0.6) is 6.01 Å². The summed E-state index contributed by atoms with van der Waals surface area (Å²) in [5.41, 5.74) is 10.4. The lowest BCUT2D eigenvalue weighted by Crippen LogP contribution is -2.48. The maximum atomic E-state index is 12.5. The number of amides is 1. The van der Waals surface area contributed by atoms with Crippen LogP contribution in [0.15, 0.2) is 24.3 Å². The first kappa shape index (κ1) is 21.0. The molecule has 0 bridgehead atoms. The highest BCUT2D eigenvalue weighted by Gasteiger charge is 2.24. The molecule has 29 heavy (non-hydrogen) atoms. The molecule has 1 fully saturated rings. The highest BCUT2D eigenvalue weighted by Crippen LogP contribution is 2.18. The Morgan fingerprint density at radius 3 is 2.45 bits per heavy atom. The van der Waals surface area contributed by atoms with Crippen LogP contribution in [-0.2, 0) is 11.3 Å². The van der Waals surface area contributed by atoms with E-state index in [4.69, 9.17) is 10.5 Å². The average Bonchev–Trinajstić information content (AvgIpc) is 2.69. The van der Waals surface area contributed by atoms with Gasteiger partial charge in [-0.2, -0.15) is 9.97 Å². The van der Waals surface area contributed by atoms with E-state index in [9.17, 15) is 4.79 Å². The Morgan fingerprint density at radius 2 is 1.83 bits per heavy atom. The molecule has 1 aromatic carbocycles. The van der Waals surface area contributed by atoms with Gasteiger partial charge in [-0.3, -0.25) is 9.69 Å². The number of nitrogens with zero attached hydrogens (tertiary/aromatic N) is 3. The van der Waals surface area contributed by atoms with Gasteiger partial charge in [-0.05, 0) is 51.7 Å². The largest absolute Gasteiger partial charge is 0.450 e. The quantitative estimate of drug-likeness (QED) is 0.778. The van der Waals surface area contributed by atoms with Crippen LogP contribution in [0.25, 0.3) is 0 Å². The van der Waals surface area contributed by atoms with Crippen molar-refractivity contribution in [3.63, 3.8) is 0 Å². The molecule has 1 saturated heterocycles. The van der Waals surface area contributed by atoms with Crippen LogP contribution in [-0.4, -0.2) is 46.0 Å². The van der Waals surface area contributed by atoms with Gasteiger partial charge in [0.2, 0.25) is 0 Å². The number of carbonyl (C=O) groups excluding carboxylic acids is 1. The summed E-state index contributed by atoms with van der Waals surface area (Å²) in [6.45, 7) is 10.4. The summed E-state index contributed by atoms with van der Waals surface area (Å²) >= 11 is 0. The van der Waals surface area contributed by atoms with Crippen molar-refractivity contribution in [1.29, 1.82) is 0 Å². The predicted octanol–water partition coefficient (Wildman–Crippen LogP) is 2.53. The van der Waals surface area contributed by atoms with Gasteiger partial charge < -0.3 is 15.8 Å². The number of nitrogens with two attached hydrogens (primary N) is 1. The van der Waals surface area contributed by atoms with Gasteiger partial charge in [-0.1, -0.05) is 24.3 Å². The van der Waals surface area contributed by atoms with E-state index in [2.05, 4.69) is 51.4 Å². The van der Waals surface area contributed by atoms with Gasteiger partial charge in [0.1, 0.15) is 0 Å². The van der Waals surface area contributed by atoms with Crippen LogP contribution >= 0.6 is 0 Å². The number of piperidine rings is 1. The number of hydrogen-bond donors (Lipinski definition) is 2. The fraction of sp³-hybridized carbons (Fsp3) is 0.500. The second kappa shape index (κ2) is 9.22. The molecule has 0 spiro atoms. The van der Waals surface area contributed by atoms with Gasteiger partial charge in [0.25, 0.3) is 5.91 Å². The summed E-state index contributed by atoms with van der Waals surface area (Å²) in [6.07, 6.45) is 1.20. The molecule has 2 heterocycles. The zero-order valence-corrected chi connectivity index (χ0v) is 17.7. The number of ether oxygens (including phenoxy) is 1. The average molecular weight is 398 g/mol. The minimum Gasteiger partial charge on any atom is -0.450 e. The third-order valence-electron chi connectivity index (χ3n) is 5.55. The Morgan fingerprint density at radius 1 is 1.21 bits per heavy atom. The molecule has 1 aliphatic rings. The Kier molecular flexibility index (Phi) is 6.69. The zero-order chi connectivity index (χ0) is 21.0.